The molecule has 0 saturated heterocycles. The molecule has 0 spiro atoms. The Labute approximate surface area is 152 Å². The van der Waals surface area contributed by atoms with E-state index in [4.69, 9.17) is 0 Å². The van der Waals surface area contributed by atoms with Crippen LogP contribution in [0.5, 0.6) is 5.75 Å². The number of aromatic nitrogens is 3. The van der Waals surface area contributed by atoms with E-state index in [1.807, 2.05) is 0 Å². The van der Waals surface area contributed by atoms with Crippen molar-refractivity contribution in [2.24, 2.45) is 5.10 Å². The number of H-pyrrole nitrogens is 1. The molecule has 4 rings (SSSR count). The van der Waals surface area contributed by atoms with Gasteiger partial charge in [-0.2, -0.15) is 9.78 Å². The molecule has 27 heavy (non-hydrogen) atoms. The Balaban J connectivity index is 1.79. The summed E-state index contributed by atoms with van der Waals surface area (Å²) in [4.78, 5) is 19.8. The molecule has 134 valence electrons. The van der Waals surface area contributed by atoms with E-state index >= 15 is 0 Å². The molecule has 0 fully saturated rings. The van der Waals surface area contributed by atoms with Gasteiger partial charge in [0.1, 0.15) is 28.9 Å². The third kappa shape index (κ3) is 2.89. The van der Waals surface area contributed by atoms with E-state index < -0.39 is 11.4 Å². The molecule has 2 aromatic carbocycles. The summed E-state index contributed by atoms with van der Waals surface area (Å²) < 4.78 is 14.5. The molecule has 4 aromatic rings. The SMILES string of the molecule is C=CCc1cccc(/C=N\n2cnc3c([nH]c4ccc(F)cc43)c2=O)c1O. The van der Waals surface area contributed by atoms with Gasteiger partial charge in [-0.15, -0.1) is 6.58 Å². The van der Waals surface area contributed by atoms with E-state index in [1.54, 1.807) is 30.3 Å². The van der Waals surface area contributed by atoms with Crippen LogP contribution in [-0.4, -0.2) is 26.0 Å². The zero-order valence-electron chi connectivity index (χ0n) is 14.2. The number of nitrogens with one attached hydrogen (secondary N) is 1. The molecule has 0 saturated carbocycles. The minimum absolute atomic E-state index is 0.0873. The Morgan fingerprint density at radius 3 is 3.00 bits per heavy atom. The molecule has 0 radical (unpaired) electrons. The fraction of sp³-hybridized carbons (Fsp3) is 0.0500. The van der Waals surface area contributed by atoms with E-state index in [9.17, 15) is 14.3 Å². The highest BCUT2D eigenvalue weighted by Crippen LogP contribution is 2.23. The summed E-state index contributed by atoms with van der Waals surface area (Å²) in [6, 6.07) is 9.47. The van der Waals surface area contributed by atoms with Crippen molar-refractivity contribution in [3.63, 3.8) is 0 Å². The first-order chi connectivity index (χ1) is 13.1. The van der Waals surface area contributed by atoms with E-state index in [2.05, 4.69) is 21.6 Å². The van der Waals surface area contributed by atoms with Gasteiger partial charge in [-0.3, -0.25) is 4.79 Å². The van der Waals surface area contributed by atoms with Crippen molar-refractivity contribution < 1.29 is 9.50 Å². The molecule has 6 nitrogen and oxygen atoms in total. The minimum atomic E-state index is -0.422. The predicted octanol–water partition coefficient (Wildman–Crippen LogP) is 3.33. The van der Waals surface area contributed by atoms with Crippen molar-refractivity contribution in [1.82, 2.24) is 14.6 Å². The number of aromatic hydroxyl groups is 1. The second-order valence-corrected chi connectivity index (χ2v) is 6.03. The molecular formula is C20H15FN4O2. The lowest BCUT2D eigenvalue weighted by Crippen LogP contribution is -2.17. The lowest BCUT2D eigenvalue weighted by molar-refractivity contribution is 0.469. The molecule has 0 aliphatic heterocycles. The Hall–Kier alpha value is -3.74. The molecule has 0 unspecified atom stereocenters. The maximum atomic E-state index is 13.5. The molecule has 0 aliphatic rings. The molecule has 2 N–H and O–H groups in total. The van der Waals surface area contributed by atoms with Crippen molar-refractivity contribution in [3.8, 4) is 5.75 Å². The zero-order valence-corrected chi connectivity index (χ0v) is 14.2. The van der Waals surface area contributed by atoms with E-state index in [0.717, 1.165) is 4.68 Å². The zero-order chi connectivity index (χ0) is 19.0. The molecule has 0 amide bonds. The third-order valence-electron chi connectivity index (χ3n) is 4.29. The Kier molecular flexibility index (Phi) is 4.04. The van der Waals surface area contributed by atoms with Crippen molar-refractivity contribution in [1.29, 1.82) is 0 Å². The number of halogens is 1. The topological polar surface area (TPSA) is 83.3 Å². The van der Waals surface area contributed by atoms with Gasteiger partial charge >= 0.3 is 0 Å². The van der Waals surface area contributed by atoms with Crippen molar-refractivity contribution in [2.75, 3.05) is 0 Å². The molecule has 0 atom stereocenters. The van der Waals surface area contributed by atoms with Crippen LogP contribution in [-0.2, 0) is 6.42 Å². The Morgan fingerprint density at radius 1 is 1.33 bits per heavy atom. The van der Waals surface area contributed by atoms with Crippen LogP contribution in [0.25, 0.3) is 21.9 Å². The first-order valence-electron chi connectivity index (χ1n) is 8.23. The number of phenols is 1. The number of hydrogen-bond acceptors (Lipinski definition) is 4. The van der Waals surface area contributed by atoms with Crippen LogP contribution in [0.2, 0.25) is 0 Å². The lowest BCUT2D eigenvalue weighted by atomic mass is 10.1. The van der Waals surface area contributed by atoms with Gasteiger partial charge < -0.3 is 10.1 Å². The number of benzene rings is 2. The van der Waals surface area contributed by atoms with Crippen molar-refractivity contribution in [3.05, 3.63) is 82.7 Å². The Bertz CT molecular complexity index is 1270. The highest BCUT2D eigenvalue weighted by Gasteiger charge is 2.11. The van der Waals surface area contributed by atoms with E-state index in [0.29, 0.717) is 34.0 Å². The molecule has 2 heterocycles. The van der Waals surface area contributed by atoms with E-state index in [-0.39, 0.29) is 11.3 Å². The van der Waals surface area contributed by atoms with E-state index in [1.165, 1.54) is 24.7 Å². The molecule has 0 aliphatic carbocycles. The number of rotatable bonds is 4. The monoisotopic (exact) mass is 362 g/mol. The standard InChI is InChI=1S/C20H15FN4O2/c1-2-4-12-5-3-6-13(19(12)26)10-23-25-11-22-17-15-9-14(21)7-8-16(15)24-18(17)20(25)27/h2-3,5-11,24,26H,1,4H2/b23-10-. The van der Waals surface area contributed by atoms with Gasteiger partial charge in [0, 0.05) is 16.5 Å². The van der Waals surface area contributed by atoms with Crippen LogP contribution in [0, 0.1) is 5.82 Å². The normalized spacial score (nSPS) is 11.6. The van der Waals surface area contributed by atoms with Crippen LogP contribution in [0.15, 0.2) is 65.3 Å². The van der Waals surface area contributed by atoms with Crippen molar-refractivity contribution in [2.45, 2.75) is 6.42 Å². The maximum absolute atomic E-state index is 13.5. The van der Waals surface area contributed by atoms with Crippen LogP contribution < -0.4 is 5.56 Å². The van der Waals surface area contributed by atoms with Gasteiger partial charge in [0.25, 0.3) is 5.56 Å². The van der Waals surface area contributed by atoms with Crippen LogP contribution >= 0.6 is 0 Å². The van der Waals surface area contributed by atoms with Crippen LogP contribution in [0.4, 0.5) is 4.39 Å². The maximum Gasteiger partial charge on any atom is 0.298 e. The summed E-state index contributed by atoms with van der Waals surface area (Å²) >= 11 is 0. The van der Waals surface area contributed by atoms with Crippen molar-refractivity contribution >= 4 is 28.2 Å². The highest BCUT2D eigenvalue weighted by molar-refractivity contribution is 6.04. The van der Waals surface area contributed by atoms with Gasteiger partial charge in [0.15, 0.2) is 0 Å². The van der Waals surface area contributed by atoms with Gasteiger partial charge in [-0.25, -0.2) is 9.37 Å². The number of aromatic amines is 1. The van der Waals surface area contributed by atoms with Gasteiger partial charge in [0.05, 0.1) is 6.21 Å². The average Bonchev–Trinajstić information content (AvgIpc) is 3.03. The number of fused-ring (bicyclic) bond motifs is 3. The Morgan fingerprint density at radius 2 is 2.19 bits per heavy atom. The fourth-order valence-corrected chi connectivity index (χ4v) is 2.96. The number of nitrogens with zero attached hydrogens (tertiary/aromatic N) is 3. The number of para-hydroxylation sites is 1. The number of phenolic OH excluding ortho intramolecular Hbond substituents is 1. The summed E-state index contributed by atoms with van der Waals surface area (Å²) in [6.07, 6.45) is 4.87. The van der Waals surface area contributed by atoms with Gasteiger partial charge in [0.2, 0.25) is 0 Å². The van der Waals surface area contributed by atoms with Gasteiger partial charge in [-0.1, -0.05) is 18.2 Å². The molecule has 0 bridgehead atoms. The second-order valence-electron chi connectivity index (χ2n) is 6.03. The summed E-state index contributed by atoms with van der Waals surface area (Å²) in [5.41, 5.74) is 2.01. The number of hydrogen-bond donors (Lipinski definition) is 2. The largest absolute Gasteiger partial charge is 0.507 e. The minimum Gasteiger partial charge on any atom is -0.507 e. The molecular weight excluding hydrogens is 347 g/mol. The molecule has 2 aromatic heterocycles. The van der Waals surface area contributed by atoms with Crippen LogP contribution in [0.3, 0.4) is 0 Å². The summed E-state index contributed by atoms with van der Waals surface area (Å²) in [5.74, 6) is -0.313. The first-order valence-corrected chi connectivity index (χ1v) is 8.23. The molecule has 7 heteroatoms. The summed E-state index contributed by atoms with van der Waals surface area (Å²) in [6.45, 7) is 3.66. The summed E-state index contributed by atoms with van der Waals surface area (Å²) in [7, 11) is 0. The first kappa shape index (κ1) is 16.7. The average molecular weight is 362 g/mol. The quantitative estimate of drug-likeness (QED) is 0.431. The smallest absolute Gasteiger partial charge is 0.298 e. The number of allylic oxidation sites excluding steroid dienone is 1. The second kappa shape index (κ2) is 6.53. The van der Waals surface area contributed by atoms with Gasteiger partial charge in [-0.05, 0) is 36.2 Å². The van der Waals surface area contributed by atoms with Crippen LogP contribution in [0.1, 0.15) is 11.1 Å². The lowest BCUT2D eigenvalue weighted by Gasteiger charge is -2.04. The highest BCUT2D eigenvalue weighted by atomic mass is 19.1. The third-order valence-corrected chi connectivity index (χ3v) is 4.29. The summed E-state index contributed by atoms with van der Waals surface area (Å²) in [5, 5.41) is 14.9. The fourth-order valence-electron chi connectivity index (χ4n) is 2.96. The predicted molar refractivity (Wildman–Crippen MR) is 103 cm³/mol.